The molecule has 2 fully saturated rings. The predicted octanol–water partition coefficient (Wildman–Crippen LogP) is 4.57. The lowest BCUT2D eigenvalue weighted by Gasteiger charge is -2.18. The van der Waals surface area contributed by atoms with Crippen molar-refractivity contribution < 1.29 is 41.0 Å². The van der Waals surface area contributed by atoms with Gasteiger partial charge < -0.3 is 15.2 Å². The van der Waals surface area contributed by atoms with Crippen LogP contribution in [0, 0.1) is 0 Å². The molecule has 38 heavy (non-hydrogen) atoms. The molecule has 0 bridgehead atoms. The molecule has 3 N–H and O–H groups in total. The fraction of sp³-hybridized carbons (Fsp3) is 0.462. The molecule has 2 aliphatic rings. The third-order valence-electron chi connectivity index (χ3n) is 6.49. The van der Waals surface area contributed by atoms with Crippen LogP contribution >= 0.6 is 0 Å². The Morgan fingerprint density at radius 1 is 1.08 bits per heavy atom. The number of anilines is 1. The number of aliphatic carboxylic acids is 1. The smallest absolute Gasteiger partial charge is 0.475 e. The van der Waals surface area contributed by atoms with Crippen LogP contribution in [0.3, 0.4) is 0 Å². The van der Waals surface area contributed by atoms with Gasteiger partial charge in [-0.2, -0.15) is 13.2 Å². The van der Waals surface area contributed by atoms with Crippen LogP contribution in [0.1, 0.15) is 56.6 Å². The van der Waals surface area contributed by atoms with Gasteiger partial charge >= 0.3 is 12.1 Å². The van der Waals surface area contributed by atoms with Crippen LogP contribution in [0.2, 0.25) is 0 Å². The Kier molecular flexibility index (Phi) is 9.09. The van der Waals surface area contributed by atoms with Gasteiger partial charge in [-0.15, -0.1) is 0 Å². The number of hydrogen-bond acceptors (Lipinski definition) is 5. The minimum absolute atomic E-state index is 0.0292. The van der Waals surface area contributed by atoms with E-state index in [4.69, 9.17) is 14.6 Å². The Labute approximate surface area is 219 Å². The molecule has 2 aromatic rings. The summed E-state index contributed by atoms with van der Waals surface area (Å²) < 4.78 is 65.4. The van der Waals surface area contributed by atoms with Gasteiger partial charge in [0.15, 0.2) is 0 Å². The molecule has 1 aliphatic heterocycles. The zero-order valence-electron chi connectivity index (χ0n) is 21.0. The van der Waals surface area contributed by atoms with Crippen molar-refractivity contribution in [1.29, 1.82) is 0 Å². The van der Waals surface area contributed by atoms with E-state index in [-0.39, 0.29) is 16.9 Å². The summed E-state index contributed by atoms with van der Waals surface area (Å²) in [6.45, 7) is 5.45. The second-order valence-corrected chi connectivity index (χ2v) is 11.3. The minimum Gasteiger partial charge on any atom is -0.475 e. The first-order valence-electron chi connectivity index (χ1n) is 12.2. The standard InChI is InChI=1S/C24H30N2O4S.C2HF3O2/c1-17(2)18-5-11-22(12-6-18)31(28,29)26-20-9-7-19(8-10-20)24(13-14-24)23(27)25-16-21-4-3-15-30-21;3-2(4,5)1(6)7/h5-12,17,21,26H,3-4,13-16H2,1-2H3,(H,25,27);(H,6,7). The van der Waals surface area contributed by atoms with Crippen molar-refractivity contribution in [2.24, 2.45) is 0 Å². The topological polar surface area (TPSA) is 122 Å². The lowest BCUT2D eigenvalue weighted by molar-refractivity contribution is -0.192. The molecule has 1 amide bonds. The van der Waals surface area contributed by atoms with Gasteiger partial charge in [-0.05, 0) is 67.0 Å². The van der Waals surface area contributed by atoms with Crippen LogP contribution < -0.4 is 10.0 Å². The first-order chi connectivity index (χ1) is 17.7. The SMILES string of the molecule is CC(C)c1ccc(S(=O)(=O)Nc2ccc(C3(C(=O)NCC4CCCO4)CC3)cc2)cc1.O=C(O)C(F)(F)F. The van der Waals surface area contributed by atoms with Gasteiger partial charge in [0.05, 0.1) is 16.4 Å². The number of sulfonamides is 1. The Morgan fingerprint density at radius 3 is 2.11 bits per heavy atom. The van der Waals surface area contributed by atoms with Crippen molar-refractivity contribution in [2.45, 2.75) is 68.0 Å². The van der Waals surface area contributed by atoms with E-state index >= 15 is 0 Å². The molecule has 0 spiro atoms. The average molecular weight is 557 g/mol. The Balaban J connectivity index is 0.000000505. The monoisotopic (exact) mass is 556 g/mol. The van der Waals surface area contributed by atoms with Crippen molar-refractivity contribution in [3.05, 3.63) is 59.7 Å². The summed E-state index contributed by atoms with van der Waals surface area (Å²) in [5, 5.41) is 10.2. The number of benzene rings is 2. The molecule has 1 heterocycles. The summed E-state index contributed by atoms with van der Waals surface area (Å²) in [6, 6.07) is 14.1. The quantitative estimate of drug-likeness (QED) is 0.438. The fourth-order valence-electron chi connectivity index (χ4n) is 4.06. The van der Waals surface area contributed by atoms with E-state index in [1.807, 2.05) is 24.3 Å². The Morgan fingerprint density at radius 2 is 1.66 bits per heavy atom. The molecular formula is C26H31F3N2O6S. The number of nitrogens with one attached hydrogen (secondary N) is 2. The van der Waals surface area contributed by atoms with Crippen LogP contribution in [0.25, 0.3) is 0 Å². The Bertz CT molecular complexity index is 1220. The first-order valence-corrected chi connectivity index (χ1v) is 13.7. The maximum Gasteiger partial charge on any atom is 0.490 e. The number of hydrogen-bond donors (Lipinski definition) is 3. The number of alkyl halides is 3. The van der Waals surface area contributed by atoms with Crippen LogP contribution in [0.4, 0.5) is 18.9 Å². The highest BCUT2D eigenvalue weighted by Crippen LogP contribution is 2.48. The number of rotatable bonds is 8. The first kappa shape index (κ1) is 29.4. The lowest BCUT2D eigenvalue weighted by Crippen LogP contribution is -2.39. The van der Waals surface area contributed by atoms with E-state index < -0.39 is 27.6 Å². The van der Waals surface area contributed by atoms with Gasteiger partial charge in [-0.1, -0.05) is 38.1 Å². The molecule has 1 saturated carbocycles. The molecule has 1 atom stereocenters. The van der Waals surface area contributed by atoms with E-state index in [1.165, 1.54) is 0 Å². The molecule has 1 saturated heterocycles. The molecule has 208 valence electrons. The molecule has 12 heteroatoms. The predicted molar refractivity (Wildman–Crippen MR) is 134 cm³/mol. The number of carboxylic acid groups (broad SMARTS) is 1. The van der Waals surface area contributed by atoms with Gasteiger partial charge in [0.25, 0.3) is 10.0 Å². The van der Waals surface area contributed by atoms with E-state index in [9.17, 15) is 26.4 Å². The molecular weight excluding hydrogens is 525 g/mol. The molecule has 2 aromatic carbocycles. The van der Waals surface area contributed by atoms with E-state index in [1.54, 1.807) is 24.3 Å². The van der Waals surface area contributed by atoms with Gasteiger partial charge in [-0.25, -0.2) is 13.2 Å². The molecule has 1 unspecified atom stereocenters. The highest BCUT2D eigenvalue weighted by molar-refractivity contribution is 7.92. The maximum atomic E-state index is 12.8. The van der Waals surface area contributed by atoms with Crippen molar-refractivity contribution in [3.63, 3.8) is 0 Å². The average Bonchev–Trinajstić information content (AvgIpc) is 3.50. The summed E-state index contributed by atoms with van der Waals surface area (Å²) in [5.41, 5.74) is 1.99. The second kappa shape index (κ2) is 11.7. The Hall–Kier alpha value is -3.12. The highest BCUT2D eigenvalue weighted by atomic mass is 32.2. The third kappa shape index (κ3) is 7.47. The van der Waals surface area contributed by atoms with Gasteiger partial charge in [0.1, 0.15) is 0 Å². The molecule has 8 nitrogen and oxygen atoms in total. The van der Waals surface area contributed by atoms with Gasteiger partial charge in [0.2, 0.25) is 5.91 Å². The highest BCUT2D eigenvalue weighted by Gasteiger charge is 2.51. The van der Waals surface area contributed by atoms with Crippen molar-refractivity contribution in [1.82, 2.24) is 5.32 Å². The van der Waals surface area contributed by atoms with Crippen molar-refractivity contribution in [2.75, 3.05) is 17.9 Å². The summed E-state index contributed by atoms with van der Waals surface area (Å²) >= 11 is 0. The second-order valence-electron chi connectivity index (χ2n) is 9.64. The number of amides is 1. The van der Waals surface area contributed by atoms with Crippen LogP contribution in [-0.2, 0) is 29.8 Å². The van der Waals surface area contributed by atoms with Crippen LogP contribution in [0.5, 0.6) is 0 Å². The van der Waals surface area contributed by atoms with Crippen molar-refractivity contribution in [3.8, 4) is 0 Å². The van der Waals surface area contributed by atoms with Crippen LogP contribution in [-0.4, -0.2) is 50.8 Å². The number of halogens is 3. The largest absolute Gasteiger partial charge is 0.490 e. The minimum atomic E-state index is -5.08. The maximum absolute atomic E-state index is 12.8. The van der Waals surface area contributed by atoms with Crippen molar-refractivity contribution >= 4 is 27.6 Å². The van der Waals surface area contributed by atoms with E-state index in [0.29, 0.717) is 18.2 Å². The number of carboxylic acids is 1. The zero-order valence-corrected chi connectivity index (χ0v) is 21.9. The number of ether oxygens (including phenoxy) is 1. The fourth-order valence-corrected chi connectivity index (χ4v) is 5.11. The summed E-state index contributed by atoms with van der Waals surface area (Å²) in [7, 11) is -3.67. The lowest BCUT2D eigenvalue weighted by atomic mass is 9.94. The van der Waals surface area contributed by atoms with E-state index in [2.05, 4.69) is 23.9 Å². The number of carbonyl (C=O) groups excluding carboxylic acids is 1. The normalized spacial score (nSPS) is 18.3. The summed E-state index contributed by atoms with van der Waals surface area (Å²) in [4.78, 5) is 21.9. The summed E-state index contributed by atoms with van der Waals surface area (Å²) in [5.74, 6) is -2.39. The van der Waals surface area contributed by atoms with Crippen LogP contribution in [0.15, 0.2) is 53.4 Å². The zero-order chi connectivity index (χ0) is 28.1. The van der Waals surface area contributed by atoms with Gasteiger partial charge in [-0.3, -0.25) is 9.52 Å². The molecule has 0 radical (unpaired) electrons. The van der Waals surface area contributed by atoms with E-state index in [0.717, 1.165) is 43.4 Å². The molecule has 4 rings (SSSR count). The molecule has 1 aliphatic carbocycles. The molecule has 0 aromatic heterocycles. The third-order valence-corrected chi connectivity index (χ3v) is 7.89. The summed E-state index contributed by atoms with van der Waals surface area (Å²) in [6.07, 6.45) is -1.33. The van der Waals surface area contributed by atoms with Gasteiger partial charge in [0, 0.05) is 18.8 Å². The number of carbonyl (C=O) groups is 2.